The van der Waals surface area contributed by atoms with Crippen LogP contribution < -0.4 is 10.5 Å². The molecule has 3 N–H and O–H groups in total. The molecule has 2 aromatic rings. The van der Waals surface area contributed by atoms with Gasteiger partial charge in [0.05, 0.1) is 10.6 Å². The molecule has 0 spiro atoms. The Morgan fingerprint density at radius 2 is 1.95 bits per heavy atom. The number of aromatic nitrogens is 2. The molecule has 1 atom stereocenters. The molecule has 0 aliphatic carbocycles. The Morgan fingerprint density at radius 3 is 2.50 bits per heavy atom. The smallest absolute Gasteiger partial charge is 0.238 e. The number of nitrogens with two attached hydrogens (primary N) is 1. The first-order chi connectivity index (χ1) is 9.47. The van der Waals surface area contributed by atoms with Gasteiger partial charge in [-0.1, -0.05) is 12.1 Å². The number of sulfonamides is 1. The first-order valence-corrected chi connectivity index (χ1v) is 7.64. The molecule has 0 amide bonds. The number of rotatable bonds is 5. The molecule has 0 aliphatic rings. The van der Waals surface area contributed by atoms with E-state index in [-0.39, 0.29) is 10.9 Å². The minimum atomic E-state index is -3.64. The molecule has 1 aromatic carbocycles. The van der Waals surface area contributed by atoms with Gasteiger partial charge in [-0.15, -0.1) is 0 Å². The summed E-state index contributed by atoms with van der Waals surface area (Å²) in [4.78, 5) is 0.113. The lowest BCUT2D eigenvalue weighted by atomic mass is 10.1. The molecule has 1 unspecified atom stereocenters. The van der Waals surface area contributed by atoms with Gasteiger partial charge in [0.2, 0.25) is 10.0 Å². The second-order valence-corrected chi connectivity index (χ2v) is 5.99. The van der Waals surface area contributed by atoms with E-state index in [0.717, 1.165) is 11.3 Å². The normalized spacial score (nSPS) is 13.1. The van der Waals surface area contributed by atoms with Crippen molar-refractivity contribution < 1.29 is 8.42 Å². The first-order valence-electron chi connectivity index (χ1n) is 6.09. The van der Waals surface area contributed by atoms with E-state index in [4.69, 9.17) is 5.14 Å². The van der Waals surface area contributed by atoms with Gasteiger partial charge in [0, 0.05) is 18.8 Å². The number of benzene rings is 1. The van der Waals surface area contributed by atoms with Crippen LogP contribution in [-0.4, -0.2) is 18.6 Å². The molecule has 0 saturated heterocycles. The van der Waals surface area contributed by atoms with Gasteiger partial charge < -0.3 is 5.32 Å². The Kier molecular flexibility index (Phi) is 4.43. The van der Waals surface area contributed by atoms with Crippen LogP contribution in [0.3, 0.4) is 0 Å². The molecule has 1 aromatic heterocycles. The van der Waals surface area contributed by atoms with Crippen LogP contribution in [-0.2, 0) is 16.6 Å². The third-order valence-corrected chi connectivity index (χ3v) is 3.85. The molecule has 20 heavy (non-hydrogen) atoms. The molecular weight excluding hydrogens is 276 g/mol. The Labute approximate surface area is 118 Å². The predicted octanol–water partition coefficient (Wildman–Crippen LogP) is 0.975. The summed E-state index contributed by atoms with van der Waals surface area (Å²) in [6.45, 7) is 2.58. The van der Waals surface area contributed by atoms with Gasteiger partial charge in [-0.05, 0) is 36.8 Å². The standard InChI is InChI=1S/C13H16N4O2S/c1-10(15-9-12-3-2-8-16-17-12)11-4-6-13(7-5-11)20(14,18)19/h2-8,10,15H,9H2,1H3,(H2,14,18,19). The Balaban J connectivity index is 2.01. The van der Waals surface area contributed by atoms with E-state index in [9.17, 15) is 8.42 Å². The maximum Gasteiger partial charge on any atom is 0.238 e. The summed E-state index contributed by atoms with van der Waals surface area (Å²) in [6.07, 6.45) is 1.62. The van der Waals surface area contributed by atoms with Crippen LogP contribution in [0.25, 0.3) is 0 Å². The molecular formula is C13H16N4O2S. The zero-order valence-corrected chi connectivity index (χ0v) is 11.8. The summed E-state index contributed by atoms with van der Waals surface area (Å²) in [5.41, 5.74) is 1.82. The topological polar surface area (TPSA) is 98.0 Å². The lowest BCUT2D eigenvalue weighted by Gasteiger charge is -2.14. The van der Waals surface area contributed by atoms with Crippen molar-refractivity contribution >= 4 is 10.0 Å². The van der Waals surface area contributed by atoms with Crippen molar-refractivity contribution in [2.24, 2.45) is 5.14 Å². The zero-order valence-electron chi connectivity index (χ0n) is 11.0. The molecule has 7 heteroatoms. The molecule has 106 valence electrons. The summed E-state index contributed by atoms with van der Waals surface area (Å²) in [7, 11) is -3.64. The van der Waals surface area contributed by atoms with Crippen molar-refractivity contribution in [3.8, 4) is 0 Å². The predicted molar refractivity (Wildman–Crippen MR) is 75.1 cm³/mol. The number of nitrogens with one attached hydrogen (secondary N) is 1. The van der Waals surface area contributed by atoms with Crippen molar-refractivity contribution in [2.45, 2.75) is 24.4 Å². The SMILES string of the molecule is CC(NCc1cccnn1)c1ccc(S(N)(=O)=O)cc1. The highest BCUT2D eigenvalue weighted by atomic mass is 32.2. The third-order valence-electron chi connectivity index (χ3n) is 2.93. The van der Waals surface area contributed by atoms with E-state index in [1.165, 1.54) is 12.1 Å². The van der Waals surface area contributed by atoms with Gasteiger partial charge >= 0.3 is 0 Å². The maximum atomic E-state index is 11.2. The quantitative estimate of drug-likeness (QED) is 0.856. The Bertz CT molecular complexity index is 657. The monoisotopic (exact) mass is 292 g/mol. The van der Waals surface area contributed by atoms with Crippen LogP contribution in [0.1, 0.15) is 24.2 Å². The average Bonchev–Trinajstić information content (AvgIpc) is 2.45. The van der Waals surface area contributed by atoms with E-state index in [2.05, 4.69) is 15.5 Å². The van der Waals surface area contributed by atoms with E-state index < -0.39 is 10.0 Å². The van der Waals surface area contributed by atoms with Gasteiger partial charge in [-0.3, -0.25) is 0 Å². The third kappa shape index (κ3) is 3.83. The summed E-state index contributed by atoms with van der Waals surface area (Å²) >= 11 is 0. The number of nitrogens with zero attached hydrogens (tertiary/aromatic N) is 2. The number of primary sulfonamides is 1. The second-order valence-electron chi connectivity index (χ2n) is 4.43. The highest BCUT2D eigenvalue weighted by molar-refractivity contribution is 7.89. The van der Waals surface area contributed by atoms with E-state index in [0.29, 0.717) is 6.54 Å². The zero-order chi connectivity index (χ0) is 14.6. The Morgan fingerprint density at radius 1 is 1.25 bits per heavy atom. The lowest BCUT2D eigenvalue weighted by Crippen LogP contribution is -2.19. The van der Waals surface area contributed by atoms with Crippen LogP contribution in [0.15, 0.2) is 47.5 Å². The fourth-order valence-electron chi connectivity index (χ4n) is 1.75. The van der Waals surface area contributed by atoms with Gasteiger partial charge in [0.1, 0.15) is 0 Å². The van der Waals surface area contributed by atoms with Crippen LogP contribution in [0, 0.1) is 0 Å². The van der Waals surface area contributed by atoms with Crippen molar-refractivity contribution in [3.05, 3.63) is 53.9 Å². The molecule has 0 fully saturated rings. The fraction of sp³-hybridized carbons (Fsp3) is 0.231. The molecule has 6 nitrogen and oxygen atoms in total. The highest BCUT2D eigenvalue weighted by Crippen LogP contribution is 2.15. The lowest BCUT2D eigenvalue weighted by molar-refractivity contribution is 0.563. The molecule has 0 aliphatic heterocycles. The van der Waals surface area contributed by atoms with E-state index in [1.807, 2.05) is 19.1 Å². The van der Waals surface area contributed by atoms with Crippen molar-refractivity contribution in [1.82, 2.24) is 15.5 Å². The summed E-state index contributed by atoms with van der Waals surface area (Å²) in [5, 5.41) is 16.1. The van der Waals surface area contributed by atoms with Crippen LogP contribution in [0.2, 0.25) is 0 Å². The van der Waals surface area contributed by atoms with Crippen LogP contribution in [0.5, 0.6) is 0 Å². The van der Waals surface area contributed by atoms with Gasteiger partial charge in [0.15, 0.2) is 0 Å². The van der Waals surface area contributed by atoms with Crippen LogP contribution in [0.4, 0.5) is 0 Å². The van der Waals surface area contributed by atoms with E-state index in [1.54, 1.807) is 18.3 Å². The number of hydrogen-bond acceptors (Lipinski definition) is 5. The minimum Gasteiger partial charge on any atom is -0.304 e. The average molecular weight is 292 g/mol. The summed E-state index contributed by atoms with van der Waals surface area (Å²) in [6, 6.07) is 10.3. The molecule has 0 bridgehead atoms. The van der Waals surface area contributed by atoms with Crippen molar-refractivity contribution in [2.75, 3.05) is 0 Å². The molecule has 1 heterocycles. The molecule has 2 rings (SSSR count). The largest absolute Gasteiger partial charge is 0.304 e. The Hall–Kier alpha value is -1.83. The maximum absolute atomic E-state index is 11.2. The van der Waals surface area contributed by atoms with Gasteiger partial charge in [0.25, 0.3) is 0 Å². The minimum absolute atomic E-state index is 0.0616. The second kappa shape index (κ2) is 6.08. The number of hydrogen-bond donors (Lipinski definition) is 2. The van der Waals surface area contributed by atoms with Gasteiger partial charge in [-0.25, -0.2) is 13.6 Å². The van der Waals surface area contributed by atoms with Gasteiger partial charge in [-0.2, -0.15) is 10.2 Å². The first kappa shape index (κ1) is 14.6. The molecule has 0 radical (unpaired) electrons. The highest BCUT2D eigenvalue weighted by Gasteiger charge is 2.09. The van der Waals surface area contributed by atoms with E-state index >= 15 is 0 Å². The van der Waals surface area contributed by atoms with Crippen LogP contribution >= 0.6 is 0 Å². The summed E-state index contributed by atoms with van der Waals surface area (Å²) in [5.74, 6) is 0. The summed E-state index contributed by atoms with van der Waals surface area (Å²) < 4.78 is 22.3. The van der Waals surface area contributed by atoms with Crippen molar-refractivity contribution in [3.63, 3.8) is 0 Å². The fourth-order valence-corrected chi connectivity index (χ4v) is 2.26. The van der Waals surface area contributed by atoms with Crippen molar-refractivity contribution in [1.29, 1.82) is 0 Å². The molecule has 0 saturated carbocycles.